The van der Waals surface area contributed by atoms with Crippen molar-refractivity contribution in [2.75, 3.05) is 34.4 Å². The van der Waals surface area contributed by atoms with Crippen LogP contribution in [0.4, 0.5) is 0 Å². The average molecular weight is 250 g/mol. The molecule has 1 N–H and O–H groups in total. The Morgan fingerprint density at radius 3 is 2.44 bits per heavy atom. The van der Waals surface area contributed by atoms with Crippen molar-refractivity contribution in [1.29, 1.82) is 0 Å². The minimum absolute atomic E-state index is 0.0107. The van der Waals surface area contributed by atoms with Crippen molar-refractivity contribution in [3.05, 3.63) is 35.9 Å². The number of rotatable bonds is 6. The summed E-state index contributed by atoms with van der Waals surface area (Å²) in [5.41, 5.74) is 0.544. The highest BCUT2D eigenvalue weighted by atomic mass is 16.5. The summed E-state index contributed by atoms with van der Waals surface area (Å²) in [5.74, 6) is -0.0107. The lowest BCUT2D eigenvalue weighted by Crippen LogP contribution is -2.49. The molecular weight excluding hydrogens is 228 g/mol. The Hall–Kier alpha value is -1.39. The molecular formula is C14H22N2O2. The van der Waals surface area contributed by atoms with Gasteiger partial charge in [0.2, 0.25) is 5.91 Å². The Kier molecular flexibility index (Phi) is 5.31. The molecule has 4 heteroatoms. The van der Waals surface area contributed by atoms with Crippen LogP contribution in [-0.4, -0.2) is 45.2 Å². The fraction of sp³-hybridized carbons (Fsp3) is 0.500. The molecule has 0 heterocycles. The van der Waals surface area contributed by atoms with Gasteiger partial charge in [-0.15, -0.1) is 0 Å². The predicted octanol–water partition coefficient (Wildman–Crippen LogP) is 1.23. The van der Waals surface area contributed by atoms with Gasteiger partial charge in [-0.1, -0.05) is 30.3 Å². The van der Waals surface area contributed by atoms with E-state index < -0.39 is 5.54 Å². The van der Waals surface area contributed by atoms with E-state index in [-0.39, 0.29) is 5.91 Å². The number of nitrogens with zero attached hydrogens (tertiary/aromatic N) is 1. The molecule has 0 radical (unpaired) electrons. The summed E-state index contributed by atoms with van der Waals surface area (Å²) in [6.45, 7) is 2.78. The van der Waals surface area contributed by atoms with E-state index in [9.17, 15) is 4.79 Å². The van der Waals surface area contributed by atoms with Gasteiger partial charge in [0.1, 0.15) is 0 Å². The number of hydrogen-bond donors (Lipinski definition) is 1. The van der Waals surface area contributed by atoms with E-state index in [1.807, 2.05) is 56.3 Å². The third kappa shape index (κ3) is 4.13. The molecule has 0 saturated carbocycles. The molecule has 100 valence electrons. The SMILES string of the molecule is COC[C@](C)(NC(=O)CN(C)C)c1ccccc1. The lowest BCUT2D eigenvalue weighted by Gasteiger charge is -2.31. The zero-order valence-corrected chi connectivity index (χ0v) is 11.6. The summed E-state index contributed by atoms with van der Waals surface area (Å²) >= 11 is 0. The molecule has 0 aliphatic heterocycles. The van der Waals surface area contributed by atoms with E-state index in [0.717, 1.165) is 5.56 Å². The van der Waals surface area contributed by atoms with Crippen molar-refractivity contribution < 1.29 is 9.53 Å². The van der Waals surface area contributed by atoms with E-state index in [0.29, 0.717) is 13.2 Å². The van der Waals surface area contributed by atoms with Crippen LogP contribution in [0.5, 0.6) is 0 Å². The van der Waals surface area contributed by atoms with Gasteiger partial charge in [-0.3, -0.25) is 4.79 Å². The van der Waals surface area contributed by atoms with Crippen LogP contribution in [0.3, 0.4) is 0 Å². The Balaban J connectivity index is 2.84. The molecule has 0 aliphatic rings. The number of hydrogen-bond acceptors (Lipinski definition) is 3. The summed E-state index contributed by atoms with van der Waals surface area (Å²) in [7, 11) is 5.38. The summed E-state index contributed by atoms with van der Waals surface area (Å²) in [6, 6.07) is 9.87. The highest BCUT2D eigenvalue weighted by molar-refractivity contribution is 5.79. The first-order valence-corrected chi connectivity index (χ1v) is 5.98. The summed E-state index contributed by atoms with van der Waals surface area (Å²) in [6.07, 6.45) is 0. The van der Waals surface area contributed by atoms with Crippen molar-refractivity contribution in [2.24, 2.45) is 0 Å². The molecule has 1 aromatic rings. The minimum Gasteiger partial charge on any atom is -0.382 e. The Morgan fingerprint density at radius 1 is 1.33 bits per heavy atom. The second-order valence-corrected chi connectivity index (χ2v) is 4.92. The van der Waals surface area contributed by atoms with E-state index in [2.05, 4.69) is 5.32 Å². The fourth-order valence-electron chi connectivity index (χ4n) is 1.92. The van der Waals surface area contributed by atoms with Crippen molar-refractivity contribution in [3.8, 4) is 0 Å². The van der Waals surface area contributed by atoms with Crippen LogP contribution in [0, 0.1) is 0 Å². The van der Waals surface area contributed by atoms with Gasteiger partial charge in [0, 0.05) is 7.11 Å². The van der Waals surface area contributed by atoms with Crippen LogP contribution < -0.4 is 5.32 Å². The molecule has 0 aliphatic carbocycles. The predicted molar refractivity (Wildman–Crippen MR) is 72.4 cm³/mol. The quantitative estimate of drug-likeness (QED) is 0.825. The number of ether oxygens (including phenoxy) is 1. The molecule has 4 nitrogen and oxygen atoms in total. The van der Waals surface area contributed by atoms with Gasteiger partial charge in [-0.25, -0.2) is 0 Å². The maximum atomic E-state index is 11.9. The molecule has 0 aromatic heterocycles. The summed E-state index contributed by atoms with van der Waals surface area (Å²) < 4.78 is 5.24. The molecule has 1 atom stereocenters. The molecule has 0 spiro atoms. The minimum atomic E-state index is -0.497. The van der Waals surface area contributed by atoms with Gasteiger partial charge >= 0.3 is 0 Å². The average Bonchev–Trinajstić information content (AvgIpc) is 2.29. The largest absolute Gasteiger partial charge is 0.382 e. The highest BCUT2D eigenvalue weighted by Gasteiger charge is 2.28. The van der Waals surface area contributed by atoms with Crippen LogP contribution in [0.25, 0.3) is 0 Å². The van der Waals surface area contributed by atoms with Crippen LogP contribution in [-0.2, 0) is 15.1 Å². The van der Waals surface area contributed by atoms with Crippen molar-refractivity contribution in [1.82, 2.24) is 10.2 Å². The van der Waals surface area contributed by atoms with Crippen LogP contribution in [0.2, 0.25) is 0 Å². The van der Waals surface area contributed by atoms with Gasteiger partial charge < -0.3 is 15.0 Å². The van der Waals surface area contributed by atoms with Crippen LogP contribution in [0.15, 0.2) is 30.3 Å². The molecule has 0 bridgehead atoms. The summed E-state index contributed by atoms with van der Waals surface area (Å²) in [4.78, 5) is 13.7. The first-order chi connectivity index (χ1) is 8.48. The number of nitrogens with one attached hydrogen (secondary N) is 1. The third-order valence-corrected chi connectivity index (χ3v) is 2.72. The molecule has 0 fully saturated rings. The second kappa shape index (κ2) is 6.52. The van der Waals surface area contributed by atoms with Crippen LogP contribution in [0.1, 0.15) is 12.5 Å². The highest BCUT2D eigenvalue weighted by Crippen LogP contribution is 2.20. The molecule has 1 amide bonds. The molecule has 1 rings (SSSR count). The maximum absolute atomic E-state index is 11.9. The van der Waals surface area contributed by atoms with Gasteiger partial charge in [-0.05, 0) is 26.6 Å². The zero-order valence-electron chi connectivity index (χ0n) is 11.6. The van der Waals surface area contributed by atoms with Crippen molar-refractivity contribution in [3.63, 3.8) is 0 Å². The number of likely N-dealkylation sites (N-methyl/N-ethyl adjacent to an activating group) is 1. The molecule has 0 unspecified atom stereocenters. The fourth-order valence-corrected chi connectivity index (χ4v) is 1.92. The van der Waals surface area contributed by atoms with Gasteiger partial charge in [0.25, 0.3) is 0 Å². The first-order valence-electron chi connectivity index (χ1n) is 5.98. The van der Waals surface area contributed by atoms with Gasteiger partial charge in [0.05, 0.1) is 18.7 Å². The second-order valence-electron chi connectivity index (χ2n) is 4.92. The Bertz CT molecular complexity index is 379. The van der Waals surface area contributed by atoms with Crippen molar-refractivity contribution >= 4 is 5.91 Å². The molecule has 18 heavy (non-hydrogen) atoms. The smallest absolute Gasteiger partial charge is 0.234 e. The maximum Gasteiger partial charge on any atom is 0.234 e. The Labute approximate surface area is 109 Å². The monoisotopic (exact) mass is 250 g/mol. The first kappa shape index (κ1) is 14.7. The van der Waals surface area contributed by atoms with E-state index >= 15 is 0 Å². The van der Waals surface area contributed by atoms with Gasteiger partial charge in [0.15, 0.2) is 0 Å². The van der Waals surface area contributed by atoms with Crippen molar-refractivity contribution in [2.45, 2.75) is 12.5 Å². The third-order valence-electron chi connectivity index (χ3n) is 2.72. The number of carbonyl (C=O) groups is 1. The number of amides is 1. The number of methoxy groups -OCH3 is 1. The summed E-state index contributed by atoms with van der Waals surface area (Å²) in [5, 5.41) is 3.04. The zero-order chi connectivity index (χ0) is 13.6. The lowest BCUT2D eigenvalue weighted by molar-refractivity contribution is -0.124. The topological polar surface area (TPSA) is 41.6 Å². The molecule has 0 saturated heterocycles. The van der Waals surface area contributed by atoms with Crippen LogP contribution >= 0.6 is 0 Å². The standard InChI is InChI=1S/C14H22N2O2/c1-14(11-18-4,12-8-6-5-7-9-12)15-13(17)10-16(2)3/h5-9H,10-11H2,1-4H3,(H,15,17)/t14-/m0/s1. The normalized spacial score (nSPS) is 14.3. The van der Waals surface area contributed by atoms with Gasteiger partial charge in [-0.2, -0.15) is 0 Å². The molecule has 1 aromatic carbocycles. The van der Waals surface area contributed by atoms with E-state index in [4.69, 9.17) is 4.74 Å². The van der Waals surface area contributed by atoms with E-state index in [1.165, 1.54) is 0 Å². The lowest BCUT2D eigenvalue weighted by atomic mass is 9.93. The number of carbonyl (C=O) groups excluding carboxylic acids is 1. The number of benzene rings is 1. The van der Waals surface area contributed by atoms with E-state index in [1.54, 1.807) is 7.11 Å². The Morgan fingerprint density at radius 2 is 1.94 bits per heavy atom.